The van der Waals surface area contributed by atoms with E-state index >= 15 is 0 Å². The molecule has 0 aliphatic carbocycles. The summed E-state index contributed by atoms with van der Waals surface area (Å²) in [6.45, 7) is 3.25. The molecule has 0 spiro atoms. The van der Waals surface area contributed by atoms with E-state index in [2.05, 4.69) is 21.2 Å². The summed E-state index contributed by atoms with van der Waals surface area (Å²) < 4.78 is 6.11. The lowest BCUT2D eigenvalue weighted by atomic mass is 10.1. The van der Waals surface area contributed by atoms with Crippen molar-refractivity contribution in [1.82, 2.24) is 5.32 Å². The maximum Gasteiger partial charge on any atom is 0.258 e. The number of amides is 1. The molecule has 2 N–H and O–H groups in total. The van der Waals surface area contributed by atoms with Crippen LogP contribution in [-0.4, -0.2) is 29.8 Å². The van der Waals surface area contributed by atoms with Crippen molar-refractivity contribution in [3.05, 3.63) is 27.7 Å². The molecule has 0 atom stereocenters. The standard InChI is InChI=1S/C12H15BrClNO3/c1-12(2,17)7-15-11(16)6-18-10-4-3-8(13)5-9(10)14/h3-5,17H,6-7H2,1-2H3,(H,15,16). The summed E-state index contributed by atoms with van der Waals surface area (Å²) in [4.78, 5) is 11.4. The smallest absolute Gasteiger partial charge is 0.258 e. The Labute approximate surface area is 119 Å². The third kappa shape index (κ3) is 5.71. The summed E-state index contributed by atoms with van der Waals surface area (Å²) >= 11 is 9.21. The second kappa shape index (κ2) is 6.41. The van der Waals surface area contributed by atoms with Crippen LogP contribution in [0.15, 0.2) is 22.7 Å². The average molecular weight is 337 g/mol. The molecule has 6 heteroatoms. The van der Waals surface area contributed by atoms with E-state index in [0.29, 0.717) is 10.8 Å². The van der Waals surface area contributed by atoms with Gasteiger partial charge in [0, 0.05) is 11.0 Å². The fourth-order valence-electron chi connectivity index (χ4n) is 1.10. The lowest BCUT2D eigenvalue weighted by Gasteiger charge is -2.17. The van der Waals surface area contributed by atoms with Gasteiger partial charge in [0.1, 0.15) is 5.75 Å². The van der Waals surface area contributed by atoms with E-state index in [9.17, 15) is 9.90 Å². The average Bonchev–Trinajstić information content (AvgIpc) is 2.24. The van der Waals surface area contributed by atoms with Crippen molar-refractivity contribution in [1.29, 1.82) is 0 Å². The van der Waals surface area contributed by atoms with Gasteiger partial charge in [0.05, 0.1) is 10.6 Å². The molecule has 0 aromatic heterocycles. The molecule has 0 aliphatic heterocycles. The van der Waals surface area contributed by atoms with Gasteiger partial charge < -0.3 is 15.2 Å². The number of ether oxygens (including phenoxy) is 1. The molecular formula is C12H15BrClNO3. The lowest BCUT2D eigenvalue weighted by molar-refractivity contribution is -0.124. The molecule has 0 unspecified atom stereocenters. The number of benzene rings is 1. The second-order valence-electron chi connectivity index (χ2n) is 4.45. The third-order valence-electron chi connectivity index (χ3n) is 1.97. The highest BCUT2D eigenvalue weighted by atomic mass is 79.9. The van der Waals surface area contributed by atoms with E-state index in [1.165, 1.54) is 0 Å². The predicted octanol–water partition coefficient (Wildman–Crippen LogP) is 2.37. The monoisotopic (exact) mass is 335 g/mol. The van der Waals surface area contributed by atoms with Crippen molar-refractivity contribution in [2.24, 2.45) is 0 Å². The molecule has 0 aliphatic rings. The molecule has 0 radical (unpaired) electrons. The van der Waals surface area contributed by atoms with Crippen LogP contribution in [0.3, 0.4) is 0 Å². The van der Waals surface area contributed by atoms with Gasteiger partial charge in [-0.15, -0.1) is 0 Å². The fraction of sp³-hybridized carbons (Fsp3) is 0.417. The number of hydrogen-bond acceptors (Lipinski definition) is 3. The summed E-state index contributed by atoms with van der Waals surface area (Å²) in [5.74, 6) is 0.134. The maximum absolute atomic E-state index is 11.4. The van der Waals surface area contributed by atoms with Gasteiger partial charge in [0.15, 0.2) is 6.61 Å². The molecule has 1 aromatic carbocycles. The first-order valence-corrected chi connectivity index (χ1v) is 6.52. The van der Waals surface area contributed by atoms with Crippen molar-refractivity contribution in [3.63, 3.8) is 0 Å². The van der Waals surface area contributed by atoms with Crippen molar-refractivity contribution >= 4 is 33.4 Å². The molecule has 1 amide bonds. The molecule has 0 saturated carbocycles. The number of carbonyl (C=O) groups is 1. The van der Waals surface area contributed by atoms with Gasteiger partial charge in [0.2, 0.25) is 0 Å². The molecule has 1 aromatic rings. The highest BCUT2D eigenvalue weighted by Crippen LogP contribution is 2.27. The van der Waals surface area contributed by atoms with Crippen LogP contribution < -0.4 is 10.1 Å². The van der Waals surface area contributed by atoms with E-state index < -0.39 is 5.60 Å². The summed E-state index contributed by atoms with van der Waals surface area (Å²) in [6.07, 6.45) is 0. The number of carbonyl (C=O) groups excluding carboxylic acids is 1. The molecule has 1 rings (SSSR count). The van der Waals surface area contributed by atoms with Crippen LogP contribution in [0.2, 0.25) is 5.02 Å². The van der Waals surface area contributed by atoms with Crippen LogP contribution in [0.25, 0.3) is 0 Å². The minimum Gasteiger partial charge on any atom is -0.482 e. The quantitative estimate of drug-likeness (QED) is 0.868. The predicted molar refractivity (Wildman–Crippen MR) is 74.0 cm³/mol. The Bertz CT molecular complexity index is 432. The molecule has 4 nitrogen and oxygen atoms in total. The van der Waals surface area contributed by atoms with E-state index in [1.807, 2.05) is 0 Å². The molecule has 0 fully saturated rings. The van der Waals surface area contributed by atoms with Crippen LogP contribution in [-0.2, 0) is 4.79 Å². The van der Waals surface area contributed by atoms with Gasteiger partial charge >= 0.3 is 0 Å². The van der Waals surface area contributed by atoms with Gasteiger partial charge in [-0.2, -0.15) is 0 Å². The number of halogens is 2. The molecule has 0 heterocycles. The molecule has 0 saturated heterocycles. The van der Waals surface area contributed by atoms with E-state index in [-0.39, 0.29) is 19.1 Å². The Morgan fingerprint density at radius 3 is 2.78 bits per heavy atom. The number of nitrogens with one attached hydrogen (secondary N) is 1. The zero-order valence-corrected chi connectivity index (χ0v) is 12.5. The van der Waals surface area contributed by atoms with Gasteiger partial charge in [0.25, 0.3) is 5.91 Å². The normalized spacial score (nSPS) is 11.2. The van der Waals surface area contributed by atoms with Crippen LogP contribution in [0.5, 0.6) is 5.75 Å². The van der Waals surface area contributed by atoms with Gasteiger partial charge in [-0.25, -0.2) is 0 Å². The minimum atomic E-state index is -0.940. The summed E-state index contributed by atoms with van der Waals surface area (Å²) in [5.41, 5.74) is -0.940. The largest absolute Gasteiger partial charge is 0.482 e. The zero-order valence-electron chi connectivity index (χ0n) is 10.2. The Hall–Kier alpha value is -0.780. The van der Waals surface area contributed by atoms with E-state index in [1.54, 1.807) is 32.0 Å². The SMILES string of the molecule is CC(C)(O)CNC(=O)COc1ccc(Br)cc1Cl. The van der Waals surface area contributed by atoms with Gasteiger partial charge in [-0.05, 0) is 32.0 Å². The Morgan fingerprint density at radius 1 is 1.56 bits per heavy atom. The highest BCUT2D eigenvalue weighted by Gasteiger charge is 2.14. The number of aliphatic hydroxyl groups is 1. The van der Waals surface area contributed by atoms with E-state index in [0.717, 1.165) is 4.47 Å². The van der Waals surface area contributed by atoms with Crippen LogP contribution in [0, 0.1) is 0 Å². The minimum absolute atomic E-state index is 0.141. The van der Waals surface area contributed by atoms with Crippen molar-refractivity contribution in [2.75, 3.05) is 13.2 Å². The van der Waals surface area contributed by atoms with Crippen LogP contribution in [0.1, 0.15) is 13.8 Å². The van der Waals surface area contributed by atoms with Gasteiger partial charge in [-0.1, -0.05) is 27.5 Å². The van der Waals surface area contributed by atoms with Crippen molar-refractivity contribution in [2.45, 2.75) is 19.4 Å². The zero-order chi connectivity index (χ0) is 13.8. The van der Waals surface area contributed by atoms with Crippen molar-refractivity contribution < 1.29 is 14.6 Å². The van der Waals surface area contributed by atoms with Crippen LogP contribution in [0.4, 0.5) is 0 Å². The Kier molecular flexibility index (Phi) is 5.44. The topological polar surface area (TPSA) is 58.6 Å². The van der Waals surface area contributed by atoms with E-state index in [4.69, 9.17) is 16.3 Å². The fourth-order valence-corrected chi connectivity index (χ4v) is 1.83. The Balaban J connectivity index is 2.43. The van der Waals surface area contributed by atoms with Gasteiger partial charge in [-0.3, -0.25) is 4.79 Å². The molecule has 0 bridgehead atoms. The first-order valence-electron chi connectivity index (χ1n) is 5.35. The molecule has 100 valence electrons. The third-order valence-corrected chi connectivity index (χ3v) is 2.76. The summed E-state index contributed by atoms with van der Waals surface area (Å²) in [5, 5.41) is 12.4. The number of rotatable bonds is 5. The first-order chi connectivity index (χ1) is 8.28. The lowest BCUT2D eigenvalue weighted by Crippen LogP contribution is -2.40. The Morgan fingerprint density at radius 2 is 2.22 bits per heavy atom. The van der Waals surface area contributed by atoms with Crippen LogP contribution >= 0.6 is 27.5 Å². The highest BCUT2D eigenvalue weighted by molar-refractivity contribution is 9.10. The second-order valence-corrected chi connectivity index (χ2v) is 5.78. The van der Waals surface area contributed by atoms with Crippen molar-refractivity contribution in [3.8, 4) is 5.75 Å². The number of hydrogen-bond donors (Lipinski definition) is 2. The molecule has 18 heavy (non-hydrogen) atoms. The summed E-state index contributed by atoms with van der Waals surface area (Å²) in [6, 6.07) is 5.14. The summed E-state index contributed by atoms with van der Waals surface area (Å²) in [7, 11) is 0. The maximum atomic E-state index is 11.4. The first kappa shape index (κ1) is 15.3. The molecular weight excluding hydrogens is 321 g/mol.